The lowest BCUT2D eigenvalue weighted by molar-refractivity contribution is -0.144. The fourth-order valence-corrected chi connectivity index (χ4v) is 2.28. The van der Waals surface area contributed by atoms with E-state index in [1.807, 2.05) is 0 Å². The van der Waals surface area contributed by atoms with Crippen molar-refractivity contribution in [2.45, 2.75) is 26.1 Å². The Morgan fingerprint density at radius 2 is 1.78 bits per heavy atom. The van der Waals surface area contributed by atoms with Gasteiger partial charge in [0, 0.05) is 19.2 Å². The lowest BCUT2D eigenvalue weighted by atomic mass is 10.1. The summed E-state index contributed by atoms with van der Waals surface area (Å²) in [6.07, 6.45) is -5.57. The van der Waals surface area contributed by atoms with E-state index < -0.39 is 58.0 Å². The summed E-state index contributed by atoms with van der Waals surface area (Å²) < 4.78 is 58.0. The number of benzene rings is 1. The molecular weight excluding hydrogens is 376 g/mol. The first kappa shape index (κ1) is 20.2. The van der Waals surface area contributed by atoms with Gasteiger partial charge in [-0.05, 0) is 19.9 Å². The van der Waals surface area contributed by atoms with Gasteiger partial charge in [0.15, 0.2) is 5.82 Å². The van der Waals surface area contributed by atoms with E-state index in [0.29, 0.717) is 12.1 Å². The van der Waals surface area contributed by atoms with Crippen LogP contribution in [0.4, 0.5) is 17.6 Å². The Hall–Kier alpha value is -3.11. The lowest BCUT2D eigenvalue weighted by Crippen LogP contribution is -2.41. The third kappa shape index (κ3) is 3.86. The van der Waals surface area contributed by atoms with Crippen molar-refractivity contribution in [3.05, 3.63) is 56.1 Å². The van der Waals surface area contributed by atoms with Crippen molar-refractivity contribution < 1.29 is 32.2 Å². The Morgan fingerprint density at radius 1 is 1.19 bits per heavy atom. The Bertz CT molecular complexity index is 1020. The number of hydrogen-bond donors (Lipinski definition) is 1. The minimum Gasteiger partial charge on any atom is -0.507 e. The third-order valence-electron chi connectivity index (χ3n) is 3.48. The molecule has 27 heavy (non-hydrogen) atoms. The van der Waals surface area contributed by atoms with E-state index in [1.54, 1.807) is 0 Å². The first-order valence-electron chi connectivity index (χ1n) is 7.48. The second-order valence-corrected chi connectivity index (χ2v) is 5.82. The molecule has 0 unspecified atom stereocenters. The van der Waals surface area contributed by atoms with Crippen molar-refractivity contribution in [1.29, 1.82) is 0 Å². The van der Waals surface area contributed by atoms with Crippen molar-refractivity contribution in [3.63, 3.8) is 0 Å². The molecule has 146 valence electrons. The zero-order valence-corrected chi connectivity index (χ0v) is 14.3. The summed E-state index contributed by atoms with van der Waals surface area (Å²) in [4.78, 5) is 36.3. The number of aromatic nitrogens is 2. The number of phenolic OH excluding ortho intramolecular Hbond substituents is 1. The van der Waals surface area contributed by atoms with E-state index in [2.05, 4.69) is 0 Å². The maximum Gasteiger partial charge on any atom is 0.431 e. The zero-order valence-electron chi connectivity index (χ0n) is 14.3. The van der Waals surface area contributed by atoms with Crippen LogP contribution in [-0.2, 0) is 18.0 Å². The Balaban J connectivity index is 2.76. The minimum atomic E-state index is -4.98. The highest BCUT2D eigenvalue weighted by Crippen LogP contribution is 2.28. The van der Waals surface area contributed by atoms with Crippen LogP contribution in [0.3, 0.4) is 0 Å². The van der Waals surface area contributed by atoms with Crippen LogP contribution in [0.15, 0.2) is 27.8 Å². The lowest BCUT2D eigenvalue weighted by Gasteiger charge is -2.15. The molecule has 0 aliphatic heterocycles. The van der Waals surface area contributed by atoms with Gasteiger partial charge in [0.25, 0.3) is 5.56 Å². The normalized spacial score (nSPS) is 11.7. The molecule has 0 bridgehead atoms. The number of hydrogen-bond acceptors (Lipinski definition) is 5. The minimum absolute atomic E-state index is 0.121. The topological polar surface area (TPSA) is 90.5 Å². The van der Waals surface area contributed by atoms with Crippen molar-refractivity contribution in [2.75, 3.05) is 0 Å². The number of esters is 1. The molecule has 1 heterocycles. The number of halogens is 4. The van der Waals surface area contributed by atoms with Gasteiger partial charge in [-0.1, -0.05) is 0 Å². The fraction of sp³-hybridized carbons (Fsp3) is 0.312. The maximum atomic E-state index is 14.2. The smallest absolute Gasteiger partial charge is 0.431 e. The van der Waals surface area contributed by atoms with Crippen LogP contribution < -0.4 is 11.2 Å². The summed E-state index contributed by atoms with van der Waals surface area (Å²) in [6, 6.07) is 1.24. The molecule has 0 aliphatic rings. The molecule has 1 aromatic heterocycles. The van der Waals surface area contributed by atoms with Gasteiger partial charge >= 0.3 is 17.8 Å². The van der Waals surface area contributed by atoms with Crippen LogP contribution in [0, 0.1) is 5.82 Å². The van der Waals surface area contributed by atoms with Crippen molar-refractivity contribution in [3.8, 4) is 11.4 Å². The number of ether oxygens (including phenoxy) is 1. The molecule has 0 saturated carbocycles. The number of aromatic hydroxyl groups is 1. The van der Waals surface area contributed by atoms with Crippen LogP contribution in [0.5, 0.6) is 5.75 Å². The summed E-state index contributed by atoms with van der Waals surface area (Å²) in [5.41, 5.74) is -5.83. The zero-order chi connectivity index (χ0) is 20.7. The molecule has 0 spiro atoms. The van der Waals surface area contributed by atoms with Gasteiger partial charge in [-0.25, -0.2) is 18.5 Å². The van der Waals surface area contributed by atoms with E-state index in [4.69, 9.17) is 4.74 Å². The van der Waals surface area contributed by atoms with Crippen molar-refractivity contribution >= 4 is 5.97 Å². The second kappa shape index (κ2) is 6.89. The van der Waals surface area contributed by atoms with Crippen LogP contribution in [-0.4, -0.2) is 26.3 Å². The highest BCUT2D eigenvalue weighted by molar-refractivity contribution is 5.93. The second-order valence-electron chi connectivity index (χ2n) is 5.82. The molecule has 7 nitrogen and oxygen atoms in total. The maximum absolute atomic E-state index is 14.2. The van der Waals surface area contributed by atoms with Crippen LogP contribution >= 0.6 is 0 Å². The number of carbonyl (C=O) groups excluding carboxylic acids is 1. The van der Waals surface area contributed by atoms with Gasteiger partial charge in [0.05, 0.1) is 11.8 Å². The highest BCUT2D eigenvalue weighted by atomic mass is 19.4. The predicted molar refractivity (Wildman–Crippen MR) is 84.5 cm³/mol. The molecule has 0 fully saturated rings. The molecule has 1 aromatic carbocycles. The Morgan fingerprint density at radius 3 is 2.30 bits per heavy atom. The van der Waals surface area contributed by atoms with Crippen molar-refractivity contribution in [1.82, 2.24) is 9.13 Å². The molecule has 0 amide bonds. The number of nitrogens with zero attached hydrogens (tertiary/aromatic N) is 2. The van der Waals surface area contributed by atoms with Gasteiger partial charge < -0.3 is 9.84 Å². The van der Waals surface area contributed by atoms with Crippen LogP contribution in [0.1, 0.15) is 29.9 Å². The summed E-state index contributed by atoms with van der Waals surface area (Å²) in [6.45, 7) is 3.02. The quantitative estimate of drug-likeness (QED) is 0.639. The van der Waals surface area contributed by atoms with Gasteiger partial charge in [-0.3, -0.25) is 9.36 Å². The molecular formula is C16H14F4N2O5. The van der Waals surface area contributed by atoms with E-state index in [1.165, 1.54) is 13.8 Å². The standard InChI is InChI=1S/C16H14F4N2O5/c1-7(2)27-14(25)8-4-10(9(17)5-11(8)23)22-13(24)6-12(16(18,19)20)21(3)15(22)26/h4-7,23H,1-3H3. The Kier molecular flexibility index (Phi) is 5.16. The monoisotopic (exact) mass is 390 g/mol. The van der Waals surface area contributed by atoms with Crippen LogP contribution in [0.25, 0.3) is 5.69 Å². The third-order valence-corrected chi connectivity index (χ3v) is 3.48. The molecule has 2 aromatic rings. The van der Waals surface area contributed by atoms with E-state index in [9.17, 15) is 37.1 Å². The number of rotatable bonds is 3. The molecule has 0 radical (unpaired) electrons. The van der Waals surface area contributed by atoms with E-state index in [-0.39, 0.29) is 15.2 Å². The average molecular weight is 390 g/mol. The number of phenols is 1. The molecule has 0 saturated heterocycles. The van der Waals surface area contributed by atoms with Gasteiger partial charge in [0.2, 0.25) is 0 Å². The first-order chi connectivity index (χ1) is 12.3. The predicted octanol–water partition coefficient (Wildman–Crippen LogP) is 1.96. The van der Waals surface area contributed by atoms with Gasteiger partial charge in [-0.15, -0.1) is 0 Å². The Labute approximate surface area is 149 Å². The molecule has 1 N–H and O–H groups in total. The molecule has 0 atom stereocenters. The van der Waals surface area contributed by atoms with Gasteiger partial charge in [-0.2, -0.15) is 13.2 Å². The molecule has 0 aliphatic carbocycles. The SMILES string of the molecule is CC(C)OC(=O)c1cc(-n2c(=O)cc(C(F)(F)F)n(C)c2=O)c(F)cc1O. The molecule has 11 heteroatoms. The van der Waals surface area contributed by atoms with Crippen LogP contribution in [0.2, 0.25) is 0 Å². The summed E-state index contributed by atoms with van der Waals surface area (Å²) in [5, 5.41) is 9.73. The fourth-order valence-electron chi connectivity index (χ4n) is 2.28. The largest absolute Gasteiger partial charge is 0.507 e. The highest BCUT2D eigenvalue weighted by Gasteiger charge is 2.35. The first-order valence-corrected chi connectivity index (χ1v) is 7.48. The summed E-state index contributed by atoms with van der Waals surface area (Å²) in [7, 11) is 0.757. The summed E-state index contributed by atoms with van der Waals surface area (Å²) in [5.74, 6) is -3.19. The van der Waals surface area contributed by atoms with E-state index >= 15 is 0 Å². The number of carbonyl (C=O) groups is 1. The van der Waals surface area contributed by atoms with Crippen molar-refractivity contribution in [2.24, 2.45) is 7.05 Å². The van der Waals surface area contributed by atoms with Gasteiger partial charge in [0.1, 0.15) is 17.0 Å². The molecule has 2 rings (SSSR count). The average Bonchev–Trinajstić information content (AvgIpc) is 2.50. The number of alkyl halides is 3. The summed E-state index contributed by atoms with van der Waals surface area (Å²) >= 11 is 0. The van der Waals surface area contributed by atoms with E-state index in [0.717, 1.165) is 7.05 Å².